The zero-order valence-electron chi connectivity index (χ0n) is 11.1. The minimum Gasteiger partial charge on any atom is -0.328 e. The number of carbonyl (C=O) groups is 1. The van der Waals surface area contributed by atoms with Crippen LogP contribution in [0.2, 0.25) is 0 Å². The van der Waals surface area contributed by atoms with E-state index in [1.54, 1.807) is 0 Å². The Kier molecular flexibility index (Phi) is 3.92. The Morgan fingerprint density at radius 2 is 1.76 bits per heavy atom. The summed E-state index contributed by atoms with van der Waals surface area (Å²) in [6.07, 6.45) is 4.18. The first-order chi connectivity index (χ1) is 8.08. The highest BCUT2D eigenvalue weighted by atomic mass is 16.2. The molecular weight excluding hydrogens is 214 g/mol. The summed E-state index contributed by atoms with van der Waals surface area (Å²) in [5, 5.41) is 0. The molecule has 2 rings (SSSR count). The molecule has 2 saturated heterocycles. The number of piperidine rings is 2. The van der Waals surface area contributed by atoms with Crippen LogP contribution in [-0.4, -0.2) is 47.5 Å². The molecule has 2 fully saturated rings. The summed E-state index contributed by atoms with van der Waals surface area (Å²) in [5.41, 5.74) is 5.93. The normalized spacial score (nSPS) is 31.7. The standard InChI is InChI=1S/C13H25N3O/c1-10-3-6-15(7-4-10)13(17)16-8-5-12(14)9-11(16)2/h10-12H,3-9,14H2,1-2H3. The van der Waals surface area contributed by atoms with Gasteiger partial charge in [0.1, 0.15) is 0 Å². The van der Waals surface area contributed by atoms with Gasteiger partial charge in [-0.1, -0.05) is 6.92 Å². The maximum absolute atomic E-state index is 12.4. The molecule has 2 unspecified atom stereocenters. The van der Waals surface area contributed by atoms with E-state index in [0.29, 0.717) is 6.04 Å². The number of carbonyl (C=O) groups excluding carboxylic acids is 1. The average molecular weight is 239 g/mol. The second-order valence-corrected chi connectivity index (χ2v) is 5.78. The molecule has 2 heterocycles. The highest BCUT2D eigenvalue weighted by molar-refractivity contribution is 5.75. The van der Waals surface area contributed by atoms with Crippen LogP contribution in [0.25, 0.3) is 0 Å². The van der Waals surface area contributed by atoms with Gasteiger partial charge in [-0.15, -0.1) is 0 Å². The fourth-order valence-corrected chi connectivity index (χ4v) is 2.87. The maximum Gasteiger partial charge on any atom is 0.320 e. The lowest BCUT2D eigenvalue weighted by Crippen LogP contribution is -2.54. The number of amides is 2. The van der Waals surface area contributed by atoms with Crippen LogP contribution < -0.4 is 5.73 Å². The first kappa shape index (κ1) is 12.7. The van der Waals surface area contributed by atoms with Crippen LogP contribution in [0.5, 0.6) is 0 Å². The van der Waals surface area contributed by atoms with E-state index in [1.807, 2.05) is 9.80 Å². The largest absolute Gasteiger partial charge is 0.328 e. The van der Waals surface area contributed by atoms with Crippen LogP contribution in [0.4, 0.5) is 4.79 Å². The Bertz CT molecular complexity index is 274. The van der Waals surface area contributed by atoms with Gasteiger partial charge in [-0.2, -0.15) is 0 Å². The predicted molar refractivity (Wildman–Crippen MR) is 68.7 cm³/mol. The third-order valence-corrected chi connectivity index (χ3v) is 4.22. The van der Waals surface area contributed by atoms with E-state index in [1.165, 1.54) is 0 Å². The van der Waals surface area contributed by atoms with Gasteiger partial charge in [-0.05, 0) is 38.5 Å². The van der Waals surface area contributed by atoms with E-state index in [-0.39, 0.29) is 12.1 Å². The van der Waals surface area contributed by atoms with Crippen molar-refractivity contribution < 1.29 is 4.79 Å². The van der Waals surface area contributed by atoms with Crippen molar-refractivity contribution in [2.75, 3.05) is 19.6 Å². The summed E-state index contributed by atoms with van der Waals surface area (Å²) in [6, 6.07) is 0.803. The smallest absolute Gasteiger partial charge is 0.320 e. The molecule has 0 aromatic carbocycles. The zero-order chi connectivity index (χ0) is 12.4. The van der Waals surface area contributed by atoms with Crippen molar-refractivity contribution in [3.63, 3.8) is 0 Å². The molecule has 0 aromatic heterocycles. The minimum atomic E-state index is 0.233. The molecule has 0 bridgehead atoms. The Hall–Kier alpha value is -0.770. The lowest BCUT2D eigenvalue weighted by atomic mass is 9.98. The lowest BCUT2D eigenvalue weighted by molar-refractivity contribution is 0.103. The summed E-state index contributed by atoms with van der Waals surface area (Å²) >= 11 is 0. The molecule has 2 N–H and O–H groups in total. The van der Waals surface area contributed by atoms with Crippen LogP contribution in [0.1, 0.15) is 39.5 Å². The fourth-order valence-electron chi connectivity index (χ4n) is 2.87. The van der Waals surface area contributed by atoms with E-state index in [9.17, 15) is 4.79 Å². The van der Waals surface area contributed by atoms with Gasteiger partial charge in [-0.3, -0.25) is 0 Å². The first-order valence-corrected chi connectivity index (χ1v) is 6.89. The Morgan fingerprint density at radius 3 is 2.35 bits per heavy atom. The molecule has 2 aliphatic heterocycles. The summed E-state index contributed by atoms with van der Waals surface area (Å²) in [7, 11) is 0. The number of hydrogen-bond donors (Lipinski definition) is 1. The van der Waals surface area contributed by atoms with E-state index in [4.69, 9.17) is 5.73 Å². The van der Waals surface area contributed by atoms with Gasteiger partial charge in [0.05, 0.1) is 0 Å². The predicted octanol–water partition coefficient (Wildman–Crippen LogP) is 1.65. The number of rotatable bonds is 0. The third kappa shape index (κ3) is 2.92. The van der Waals surface area contributed by atoms with Gasteiger partial charge >= 0.3 is 6.03 Å². The molecule has 2 amide bonds. The molecule has 0 aliphatic carbocycles. The maximum atomic E-state index is 12.4. The lowest BCUT2D eigenvalue weighted by Gasteiger charge is -2.41. The Balaban J connectivity index is 1.91. The molecule has 98 valence electrons. The van der Waals surface area contributed by atoms with Crippen molar-refractivity contribution in [3.8, 4) is 0 Å². The Labute approximate surface area is 104 Å². The molecule has 0 spiro atoms. The molecule has 0 saturated carbocycles. The fraction of sp³-hybridized carbons (Fsp3) is 0.923. The topological polar surface area (TPSA) is 49.6 Å². The van der Waals surface area contributed by atoms with Crippen molar-refractivity contribution in [1.82, 2.24) is 9.80 Å². The van der Waals surface area contributed by atoms with Gasteiger partial charge in [0.2, 0.25) is 0 Å². The second kappa shape index (κ2) is 5.25. The van der Waals surface area contributed by atoms with Crippen molar-refractivity contribution in [2.24, 2.45) is 11.7 Å². The van der Waals surface area contributed by atoms with Crippen molar-refractivity contribution in [1.29, 1.82) is 0 Å². The molecule has 17 heavy (non-hydrogen) atoms. The number of likely N-dealkylation sites (tertiary alicyclic amines) is 2. The second-order valence-electron chi connectivity index (χ2n) is 5.78. The summed E-state index contributed by atoms with van der Waals surface area (Å²) in [5.74, 6) is 0.770. The van der Waals surface area contributed by atoms with Crippen molar-refractivity contribution in [3.05, 3.63) is 0 Å². The van der Waals surface area contributed by atoms with Gasteiger partial charge in [-0.25, -0.2) is 4.79 Å². The number of nitrogens with zero attached hydrogens (tertiary/aromatic N) is 2. The highest BCUT2D eigenvalue weighted by Gasteiger charge is 2.31. The van der Waals surface area contributed by atoms with Gasteiger partial charge in [0, 0.05) is 31.7 Å². The summed E-state index contributed by atoms with van der Waals surface area (Å²) in [6.45, 7) is 7.06. The zero-order valence-corrected chi connectivity index (χ0v) is 11.1. The quantitative estimate of drug-likeness (QED) is 0.699. The van der Waals surface area contributed by atoms with E-state index >= 15 is 0 Å². The molecule has 0 aromatic rings. The molecule has 0 radical (unpaired) electrons. The van der Waals surface area contributed by atoms with Gasteiger partial charge in [0.15, 0.2) is 0 Å². The van der Waals surface area contributed by atoms with Crippen LogP contribution >= 0.6 is 0 Å². The van der Waals surface area contributed by atoms with Crippen LogP contribution in [0, 0.1) is 5.92 Å². The minimum absolute atomic E-state index is 0.233. The van der Waals surface area contributed by atoms with E-state index in [2.05, 4.69) is 13.8 Å². The first-order valence-electron chi connectivity index (χ1n) is 6.89. The van der Waals surface area contributed by atoms with Crippen LogP contribution in [-0.2, 0) is 0 Å². The summed E-state index contributed by atoms with van der Waals surface area (Å²) in [4.78, 5) is 16.4. The molecule has 4 heteroatoms. The molecule has 4 nitrogen and oxygen atoms in total. The molecule has 2 aliphatic rings. The number of urea groups is 1. The SMILES string of the molecule is CC1CCN(C(=O)N2CCC(N)CC2C)CC1. The number of nitrogens with two attached hydrogens (primary N) is 1. The molecular formula is C13H25N3O. The summed E-state index contributed by atoms with van der Waals surface area (Å²) < 4.78 is 0. The average Bonchev–Trinajstić information content (AvgIpc) is 2.29. The van der Waals surface area contributed by atoms with Crippen molar-refractivity contribution in [2.45, 2.75) is 51.6 Å². The monoisotopic (exact) mass is 239 g/mol. The van der Waals surface area contributed by atoms with Crippen LogP contribution in [0.15, 0.2) is 0 Å². The highest BCUT2D eigenvalue weighted by Crippen LogP contribution is 2.21. The third-order valence-electron chi connectivity index (χ3n) is 4.22. The molecule has 2 atom stereocenters. The Morgan fingerprint density at radius 1 is 1.12 bits per heavy atom. The van der Waals surface area contributed by atoms with E-state index < -0.39 is 0 Å². The number of hydrogen-bond acceptors (Lipinski definition) is 2. The van der Waals surface area contributed by atoms with Crippen molar-refractivity contribution >= 4 is 6.03 Å². The van der Waals surface area contributed by atoms with E-state index in [0.717, 1.165) is 51.2 Å². The van der Waals surface area contributed by atoms with Gasteiger partial charge < -0.3 is 15.5 Å². The van der Waals surface area contributed by atoms with Crippen LogP contribution in [0.3, 0.4) is 0 Å². The van der Waals surface area contributed by atoms with Gasteiger partial charge in [0.25, 0.3) is 0 Å².